The molecule has 1 atom stereocenters. The van der Waals surface area contributed by atoms with Gasteiger partial charge < -0.3 is 15.0 Å². The molecule has 0 bridgehead atoms. The molecule has 0 saturated carbocycles. The van der Waals surface area contributed by atoms with E-state index in [1.54, 1.807) is 4.68 Å². The maximum absolute atomic E-state index is 12.6. The Kier molecular flexibility index (Phi) is 4.85. The van der Waals surface area contributed by atoms with Gasteiger partial charge >= 0.3 is 0 Å². The molecule has 1 aromatic heterocycles. The van der Waals surface area contributed by atoms with Gasteiger partial charge in [-0.25, -0.2) is 0 Å². The molecule has 1 fully saturated rings. The zero-order valence-corrected chi connectivity index (χ0v) is 14.5. The van der Waals surface area contributed by atoms with E-state index in [0.29, 0.717) is 0 Å². The fourth-order valence-corrected chi connectivity index (χ4v) is 3.00. The normalized spacial score (nSPS) is 16.0. The van der Waals surface area contributed by atoms with Gasteiger partial charge in [0, 0.05) is 30.2 Å². The lowest BCUT2D eigenvalue weighted by Gasteiger charge is -2.29. The van der Waals surface area contributed by atoms with E-state index in [9.17, 15) is 4.79 Å². The minimum Gasteiger partial charge on any atom is -0.378 e. The highest BCUT2D eigenvalue weighted by Crippen LogP contribution is 2.21. The van der Waals surface area contributed by atoms with Crippen molar-refractivity contribution in [2.75, 3.05) is 36.5 Å². The molecule has 1 saturated heterocycles. The van der Waals surface area contributed by atoms with Gasteiger partial charge in [0.2, 0.25) is 5.91 Å². The second-order valence-corrected chi connectivity index (χ2v) is 6.19. The Bertz CT molecular complexity index is 720. The number of aromatic nitrogens is 2. The van der Waals surface area contributed by atoms with Crippen molar-refractivity contribution in [3.63, 3.8) is 0 Å². The van der Waals surface area contributed by atoms with Gasteiger partial charge in [-0.1, -0.05) is 6.07 Å². The second kappa shape index (κ2) is 7.05. The van der Waals surface area contributed by atoms with Crippen LogP contribution in [0.5, 0.6) is 0 Å². The second-order valence-electron chi connectivity index (χ2n) is 6.19. The summed E-state index contributed by atoms with van der Waals surface area (Å²) in [6, 6.07) is 9.57. The molecule has 1 aliphatic heterocycles. The third-order valence-corrected chi connectivity index (χ3v) is 4.28. The van der Waals surface area contributed by atoms with E-state index in [2.05, 4.69) is 21.4 Å². The minimum atomic E-state index is -0.356. The number of rotatable bonds is 4. The molecule has 2 aromatic rings. The number of nitrogens with one attached hydrogen (secondary N) is 1. The number of anilines is 2. The summed E-state index contributed by atoms with van der Waals surface area (Å²) in [6.45, 7) is 8.99. The van der Waals surface area contributed by atoms with Crippen molar-refractivity contribution in [3.8, 4) is 0 Å². The van der Waals surface area contributed by atoms with E-state index >= 15 is 0 Å². The van der Waals surface area contributed by atoms with E-state index in [1.807, 2.05) is 45.0 Å². The molecule has 3 rings (SSSR count). The maximum atomic E-state index is 12.6. The van der Waals surface area contributed by atoms with Crippen LogP contribution < -0.4 is 10.2 Å². The summed E-state index contributed by atoms with van der Waals surface area (Å²) in [7, 11) is 0. The van der Waals surface area contributed by atoms with Gasteiger partial charge in [0.15, 0.2) is 0 Å². The fourth-order valence-electron chi connectivity index (χ4n) is 3.00. The molecule has 1 N–H and O–H groups in total. The van der Waals surface area contributed by atoms with Gasteiger partial charge in [-0.3, -0.25) is 9.48 Å². The summed E-state index contributed by atoms with van der Waals surface area (Å²) < 4.78 is 7.15. The Morgan fingerprint density at radius 2 is 2.00 bits per heavy atom. The smallest absolute Gasteiger partial charge is 0.248 e. The minimum absolute atomic E-state index is 0.0691. The standard InChI is InChI=1S/C18H24N4O2/c1-13-11-14(2)22(20-13)15(3)18(23)19-16-5-4-6-17(12-16)21-7-9-24-10-8-21/h4-6,11-12,15H,7-10H2,1-3H3,(H,19,23). The van der Waals surface area contributed by atoms with Gasteiger partial charge in [0.1, 0.15) is 6.04 Å². The molecule has 24 heavy (non-hydrogen) atoms. The maximum Gasteiger partial charge on any atom is 0.248 e. The number of ether oxygens (including phenoxy) is 1. The first-order valence-corrected chi connectivity index (χ1v) is 8.31. The quantitative estimate of drug-likeness (QED) is 0.937. The van der Waals surface area contributed by atoms with Crippen LogP contribution in [-0.4, -0.2) is 42.0 Å². The first-order chi connectivity index (χ1) is 11.5. The molecule has 1 aliphatic rings. The van der Waals surface area contributed by atoms with Gasteiger partial charge in [-0.05, 0) is 45.0 Å². The van der Waals surface area contributed by atoms with Crippen molar-refractivity contribution < 1.29 is 9.53 Å². The third-order valence-electron chi connectivity index (χ3n) is 4.28. The Hall–Kier alpha value is -2.34. The topological polar surface area (TPSA) is 59.4 Å². The van der Waals surface area contributed by atoms with Crippen LogP contribution in [0.25, 0.3) is 0 Å². The average Bonchev–Trinajstić information content (AvgIpc) is 2.93. The van der Waals surface area contributed by atoms with E-state index in [0.717, 1.165) is 49.1 Å². The molecule has 128 valence electrons. The number of nitrogens with zero attached hydrogens (tertiary/aromatic N) is 3. The molecule has 1 aromatic carbocycles. The molecule has 0 spiro atoms. The van der Waals surface area contributed by atoms with Crippen LogP contribution in [0.2, 0.25) is 0 Å². The monoisotopic (exact) mass is 328 g/mol. The largest absolute Gasteiger partial charge is 0.378 e. The van der Waals surface area contributed by atoms with Gasteiger partial charge in [-0.15, -0.1) is 0 Å². The van der Waals surface area contributed by atoms with Crippen LogP contribution in [0.1, 0.15) is 24.4 Å². The van der Waals surface area contributed by atoms with Crippen molar-refractivity contribution in [2.24, 2.45) is 0 Å². The Morgan fingerprint density at radius 3 is 2.67 bits per heavy atom. The number of benzene rings is 1. The fraction of sp³-hybridized carbons (Fsp3) is 0.444. The van der Waals surface area contributed by atoms with E-state index < -0.39 is 0 Å². The Balaban J connectivity index is 1.71. The van der Waals surface area contributed by atoms with E-state index in [1.165, 1.54) is 0 Å². The van der Waals surface area contributed by atoms with Gasteiger partial charge in [0.25, 0.3) is 0 Å². The SMILES string of the molecule is Cc1cc(C)n(C(C)C(=O)Nc2cccc(N3CCOCC3)c2)n1. The predicted octanol–water partition coefficient (Wildman–Crippen LogP) is 2.54. The zero-order valence-electron chi connectivity index (χ0n) is 14.5. The van der Waals surface area contributed by atoms with Crippen molar-refractivity contribution in [1.82, 2.24) is 9.78 Å². The molecular formula is C18H24N4O2. The Morgan fingerprint density at radius 1 is 1.25 bits per heavy atom. The average molecular weight is 328 g/mol. The zero-order chi connectivity index (χ0) is 17.1. The van der Waals surface area contributed by atoms with Gasteiger partial charge in [0.05, 0.1) is 18.9 Å². The molecule has 6 nitrogen and oxygen atoms in total. The number of aryl methyl sites for hydroxylation is 2. The first-order valence-electron chi connectivity index (χ1n) is 8.31. The van der Waals surface area contributed by atoms with Crippen LogP contribution >= 0.6 is 0 Å². The summed E-state index contributed by atoms with van der Waals surface area (Å²) in [5.74, 6) is -0.0691. The number of amides is 1. The molecule has 0 aliphatic carbocycles. The predicted molar refractivity (Wildman–Crippen MR) is 94.5 cm³/mol. The summed E-state index contributed by atoms with van der Waals surface area (Å²) >= 11 is 0. The number of hydrogen-bond acceptors (Lipinski definition) is 4. The Labute approximate surface area is 142 Å². The van der Waals surface area contributed by atoms with E-state index in [4.69, 9.17) is 4.74 Å². The third kappa shape index (κ3) is 3.59. The number of carbonyl (C=O) groups is 1. The molecule has 0 radical (unpaired) electrons. The number of hydrogen-bond donors (Lipinski definition) is 1. The van der Waals surface area contributed by atoms with Crippen molar-refractivity contribution >= 4 is 17.3 Å². The lowest BCUT2D eigenvalue weighted by molar-refractivity contribution is -0.119. The summed E-state index contributed by atoms with van der Waals surface area (Å²) in [4.78, 5) is 14.8. The lowest BCUT2D eigenvalue weighted by Crippen LogP contribution is -2.36. The molecule has 2 heterocycles. The van der Waals surface area contributed by atoms with Crippen LogP contribution in [0.3, 0.4) is 0 Å². The van der Waals surface area contributed by atoms with E-state index in [-0.39, 0.29) is 11.9 Å². The molecule has 6 heteroatoms. The summed E-state index contributed by atoms with van der Waals surface area (Å²) in [5, 5.41) is 7.40. The lowest BCUT2D eigenvalue weighted by atomic mass is 10.2. The summed E-state index contributed by atoms with van der Waals surface area (Å²) in [6.07, 6.45) is 0. The van der Waals surface area contributed by atoms with Crippen LogP contribution in [0.15, 0.2) is 30.3 Å². The highest BCUT2D eigenvalue weighted by molar-refractivity contribution is 5.93. The van der Waals surface area contributed by atoms with Crippen molar-refractivity contribution in [2.45, 2.75) is 26.8 Å². The number of morpholine rings is 1. The number of carbonyl (C=O) groups excluding carboxylic acids is 1. The van der Waals surface area contributed by atoms with Crippen molar-refractivity contribution in [1.29, 1.82) is 0 Å². The molecular weight excluding hydrogens is 304 g/mol. The first kappa shape index (κ1) is 16.5. The highest BCUT2D eigenvalue weighted by Gasteiger charge is 2.18. The van der Waals surface area contributed by atoms with Crippen molar-refractivity contribution in [3.05, 3.63) is 41.7 Å². The van der Waals surface area contributed by atoms with Gasteiger partial charge in [-0.2, -0.15) is 5.10 Å². The van der Waals surface area contributed by atoms with Crippen LogP contribution in [-0.2, 0) is 9.53 Å². The highest BCUT2D eigenvalue weighted by atomic mass is 16.5. The van der Waals surface area contributed by atoms with Crippen LogP contribution in [0.4, 0.5) is 11.4 Å². The van der Waals surface area contributed by atoms with Crippen LogP contribution in [0, 0.1) is 13.8 Å². The molecule has 1 amide bonds. The summed E-state index contributed by atoms with van der Waals surface area (Å²) in [5.41, 5.74) is 3.81. The molecule has 1 unspecified atom stereocenters.